The van der Waals surface area contributed by atoms with Crippen LogP contribution in [0.3, 0.4) is 0 Å². The second kappa shape index (κ2) is 10.5. The number of nitrogens with one attached hydrogen (secondary N) is 2. The van der Waals surface area contributed by atoms with Crippen LogP contribution in [-0.4, -0.2) is 32.9 Å². The molecule has 0 spiro atoms. The number of amides is 2. The highest BCUT2D eigenvalue weighted by Crippen LogP contribution is 2.33. The van der Waals surface area contributed by atoms with E-state index < -0.39 is 10.8 Å². The van der Waals surface area contributed by atoms with Gasteiger partial charge < -0.3 is 5.32 Å². The minimum Gasteiger partial charge on any atom is -0.326 e. The third kappa shape index (κ3) is 6.68. The van der Waals surface area contributed by atoms with Crippen LogP contribution in [0.1, 0.15) is 34.2 Å². The highest BCUT2D eigenvalue weighted by atomic mass is 32.2. The minimum absolute atomic E-state index is 0.119. The highest BCUT2D eigenvalue weighted by Gasteiger charge is 2.17. The molecule has 0 fully saturated rings. The summed E-state index contributed by atoms with van der Waals surface area (Å²) < 4.78 is 0. The van der Waals surface area contributed by atoms with Crippen molar-refractivity contribution in [3.63, 3.8) is 0 Å². The van der Waals surface area contributed by atoms with Crippen molar-refractivity contribution in [1.29, 1.82) is 0 Å². The Morgan fingerprint density at radius 1 is 1.06 bits per heavy atom. The normalized spacial score (nSPS) is 10.8. The Hall–Kier alpha value is -4.12. The number of anilines is 1. The van der Waals surface area contributed by atoms with Gasteiger partial charge in [-0.05, 0) is 62.0 Å². The number of aryl methyl sites for hydroxylation is 2. The Kier molecular flexibility index (Phi) is 7.46. The molecule has 0 aliphatic carbocycles. The average molecular weight is 465 g/mol. The molecule has 0 aliphatic rings. The van der Waals surface area contributed by atoms with Crippen molar-refractivity contribution in [2.75, 3.05) is 5.32 Å². The van der Waals surface area contributed by atoms with Crippen molar-refractivity contribution in [3.05, 3.63) is 81.2 Å². The first-order chi connectivity index (χ1) is 15.7. The van der Waals surface area contributed by atoms with Gasteiger partial charge in [-0.2, -0.15) is 5.10 Å². The van der Waals surface area contributed by atoms with Crippen LogP contribution in [-0.2, 0) is 4.79 Å². The smallest absolute Gasteiger partial charge is 0.283 e. The van der Waals surface area contributed by atoms with Gasteiger partial charge in [0, 0.05) is 41.2 Å². The van der Waals surface area contributed by atoms with Crippen LogP contribution >= 0.6 is 11.8 Å². The predicted octanol–water partition coefficient (Wildman–Crippen LogP) is 3.88. The van der Waals surface area contributed by atoms with Gasteiger partial charge in [-0.3, -0.25) is 19.7 Å². The zero-order valence-corrected chi connectivity index (χ0v) is 18.8. The monoisotopic (exact) mass is 464 g/mol. The summed E-state index contributed by atoms with van der Waals surface area (Å²) in [5, 5.41) is 18.5. The van der Waals surface area contributed by atoms with E-state index in [-0.39, 0.29) is 11.6 Å². The lowest BCUT2D eigenvalue weighted by atomic mass is 10.2. The highest BCUT2D eigenvalue weighted by molar-refractivity contribution is 7.99. The minimum atomic E-state index is -0.489. The second-order valence-corrected chi connectivity index (χ2v) is 7.99. The SMILES string of the molecule is CC(=O)Nc1ccc(C(=O)NN=Cc2ccc(Sc3nc(C)cc(C)n3)c([N+](=O)[O-])c2)cc1. The lowest BCUT2D eigenvalue weighted by molar-refractivity contribution is -0.387. The number of hydrogen-bond acceptors (Lipinski definition) is 8. The summed E-state index contributed by atoms with van der Waals surface area (Å²) in [7, 11) is 0. The summed E-state index contributed by atoms with van der Waals surface area (Å²) >= 11 is 1.11. The van der Waals surface area contributed by atoms with E-state index in [9.17, 15) is 19.7 Å². The molecule has 2 amide bonds. The van der Waals surface area contributed by atoms with Crippen LogP contribution in [0.2, 0.25) is 0 Å². The molecule has 0 radical (unpaired) electrons. The van der Waals surface area contributed by atoms with E-state index >= 15 is 0 Å². The summed E-state index contributed by atoms with van der Waals surface area (Å²) in [5.41, 5.74) is 5.15. The van der Waals surface area contributed by atoms with Crippen LogP contribution in [0.25, 0.3) is 0 Å². The van der Waals surface area contributed by atoms with Gasteiger partial charge >= 0.3 is 0 Å². The third-order valence-electron chi connectivity index (χ3n) is 4.19. The average Bonchev–Trinajstić information content (AvgIpc) is 2.74. The maximum atomic E-state index is 12.2. The molecule has 10 nitrogen and oxygen atoms in total. The lowest BCUT2D eigenvalue weighted by Gasteiger charge is -2.05. The molecule has 0 aliphatic heterocycles. The van der Waals surface area contributed by atoms with E-state index in [1.54, 1.807) is 36.4 Å². The fourth-order valence-corrected chi connectivity index (χ4v) is 3.77. The first-order valence-electron chi connectivity index (χ1n) is 9.71. The van der Waals surface area contributed by atoms with E-state index in [1.807, 2.05) is 19.9 Å². The van der Waals surface area contributed by atoms with Crippen LogP contribution in [0.5, 0.6) is 0 Å². The molecule has 0 bridgehead atoms. The van der Waals surface area contributed by atoms with E-state index in [4.69, 9.17) is 0 Å². The van der Waals surface area contributed by atoms with Crippen LogP contribution in [0.4, 0.5) is 11.4 Å². The number of nitro groups is 1. The second-order valence-electron chi connectivity index (χ2n) is 6.98. The van der Waals surface area contributed by atoms with Gasteiger partial charge in [-0.15, -0.1) is 0 Å². The number of hydrazone groups is 1. The molecule has 3 rings (SSSR count). The van der Waals surface area contributed by atoms with Crippen LogP contribution in [0, 0.1) is 24.0 Å². The molecule has 0 unspecified atom stereocenters. The van der Waals surface area contributed by atoms with Crippen LogP contribution < -0.4 is 10.7 Å². The first kappa shape index (κ1) is 23.5. The third-order valence-corrected chi connectivity index (χ3v) is 5.12. The van der Waals surface area contributed by atoms with E-state index in [2.05, 4.69) is 25.8 Å². The Labute approximate surface area is 193 Å². The molecular formula is C22H20N6O4S. The summed E-state index contributed by atoms with van der Waals surface area (Å²) in [6.45, 7) is 5.05. The quantitative estimate of drug-likeness (QED) is 0.234. The number of nitrogens with zero attached hydrogens (tertiary/aromatic N) is 4. The zero-order chi connectivity index (χ0) is 24.0. The Morgan fingerprint density at radius 3 is 2.33 bits per heavy atom. The van der Waals surface area contributed by atoms with Crippen molar-refractivity contribution in [1.82, 2.24) is 15.4 Å². The zero-order valence-electron chi connectivity index (χ0n) is 18.0. The molecule has 2 aromatic carbocycles. The van der Waals surface area contributed by atoms with Crippen molar-refractivity contribution in [2.24, 2.45) is 5.10 Å². The molecule has 168 valence electrons. The number of aromatic nitrogens is 2. The molecule has 0 atom stereocenters. The summed E-state index contributed by atoms with van der Waals surface area (Å²) in [6, 6.07) is 12.7. The van der Waals surface area contributed by atoms with Gasteiger partial charge in [0.25, 0.3) is 11.6 Å². The van der Waals surface area contributed by atoms with E-state index in [1.165, 1.54) is 19.2 Å². The number of carbonyl (C=O) groups excluding carboxylic acids is 2. The van der Waals surface area contributed by atoms with Gasteiger partial charge in [-0.1, -0.05) is 6.07 Å². The molecule has 11 heteroatoms. The van der Waals surface area contributed by atoms with Gasteiger partial charge in [-0.25, -0.2) is 15.4 Å². The van der Waals surface area contributed by atoms with E-state index in [0.29, 0.717) is 26.9 Å². The summed E-state index contributed by atoms with van der Waals surface area (Å²) in [5.74, 6) is -0.675. The van der Waals surface area contributed by atoms with Crippen molar-refractivity contribution in [3.8, 4) is 0 Å². The number of nitro benzene ring substituents is 1. The fraction of sp³-hybridized carbons (Fsp3) is 0.136. The van der Waals surface area contributed by atoms with Crippen molar-refractivity contribution < 1.29 is 14.5 Å². The molecule has 1 heterocycles. The molecule has 0 saturated carbocycles. The van der Waals surface area contributed by atoms with Gasteiger partial charge in [0.05, 0.1) is 16.0 Å². The standard InChI is InChI=1S/C22H20N6O4S/c1-13-10-14(2)25-22(24-13)33-20-9-4-16(11-19(20)28(31)32)12-23-27-21(30)17-5-7-18(8-6-17)26-15(3)29/h4-12H,1-3H3,(H,26,29)(H,27,30). The van der Waals surface area contributed by atoms with E-state index in [0.717, 1.165) is 23.1 Å². The number of rotatable bonds is 7. The molecule has 3 aromatic rings. The van der Waals surface area contributed by atoms with Crippen molar-refractivity contribution in [2.45, 2.75) is 30.8 Å². The largest absolute Gasteiger partial charge is 0.326 e. The lowest BCUT2D eigenvalue weighted by Crippen LogP contribution is -2.17. The fourth-order valence-electron chi connectivity index (χ4n) is 2.82. The number of benzene rings is 2. The van der Waals surface area contributed by atoms with Gasteiger partial charge in [0.1, 0.15) is 0 Å². The molecule has 2 N–H and O–H groups in total. The van der Waals surface area contributed by atoms with Crippen molar-refractivity contribution >= 4 is 41.2 Å². The number of carbonyl (C=O) groups is 2. The topological polar surface area (TPSA) is 139 Å². The molecule has 33 heavy (non-hydrogen) atoms. The Balaban J connectivity index is 1.70. The Morgan fingerprint density at radius 2 is 1.73 bits per heavy atom. The Bertz CT molecular complexity index is 1220. The maximum Gasteiger partial charge on any atom is 0.283 e. The molecule has 0 saturated heterocycles. The molecular weight excluding hydrogens is 444 g/mol. The predicted molar refractivity (Wildman–Crippen MR) is 125 cm³/mol. The summed E-state index contributed by atoms with van der Waals surface area (Å²) in [6.07, 6.45) is 1.32. The molecule has 1 aromatic heterocycles. The maximum absolute atomic E-state index is 12.2. The summed E-state index contributed by atoms with van der Waals surface area (Å²) in [4.78, 5) is 43.4. The first-order valence-corrected chi connectivity index (χ1v) is 10.5. The van der Waals surface area contributed by atoms with Gasteiger partial charge in [0.15, 0.2) is 5.16 Å². The van der Waals surface area contributed by atoms with Crippen LogP contribution in [0.15, 0.2) is 63.7 Å². The number of hydrogen-bond donors (Lipinski definition) is 2. The van der Waals surface area contributed by atoms with Gasteiger partial charge in [0.2, 0.25) is 5.91 Å².